The van der Waals surface area contributed by atoms with Crippen molar-refractivity contribution in [2.24, 2.45) is 5.92 Å². The Labute approximate surface area is 71.8 Å². The monoisotopic (exact) mass is 198 g/mol. The van der Waals surface area contributed by atoms with Crippen LogP contribution in [0.1, 0.15) is 12.8 Å². The van der Waals surface area contributed by atoms with E-state index in [1.165, 1.54) is 0 Å². The maximum absolute atomic E-state index is 11.0. The molecule has 0 N–H and O–H groups in total. The first-order valence-corrected chi connectivity index (χ1v) is 5.68. The lowest BCUT2D eigenvalue weighted by Gasteiger charge is -2.01. The van der Waals surface area contributed by atoms with E-state index in [9.17, 15) is 8.42 Å². The summed E-state index contributed by atoms with van der Waals surface area (Å²) in [7, 11) is -3.26. The highest BCUT2D eigenvalue weighted by Gasteiger charge is 2.28. The zero-order chi connectivity index (χ0) is 8.32. The standard InChI is InChI=1S/C6H11ClO3S/c7-3-4-10-11(8,9)5-6-1-2-6/h6H,1-5H2. The molecule has 1 aliphatic rings. The van der Waals surface area contributed by atoms with Crippen molar-refractivity contribution in [2.45, 2.75) is 12.8 Å². The normalized spacial score (nSPS) is 18.6. The van der Waals surface area contributed by atoms with Crippen molar-refractivity contribution in [3.8, 4) is 0 Å². The predicted octanol–water partition coefficient (Wildman–Crippen LogP) is 0.982. The molecule has 0 atom stereocenters. The molecular weight excluding hydrogens is 188 g/mol. The molecule has 66 valence electrons. The molecule has 0 spiro atoms. The molecule has 1 aliphatic carbocycles. The topological polar surface area (TPSA) is 43.4 Å². The van der Waals surface area contributed by atoms with Gasteiger partial charge in [0.05, 0.1) is 12.4 Å². The lowest BCUT2D eigenvalue weighted by molar-refractivity contribution is 0.339. The summed E-state index contributed by atoms with van der Waals surface area (Å²) < 4.78 is 26.5. The minimum atomic E-state index is -3.26. The van der Waals surface area contributed by atoms with E-state index in [1.54, 1.807) is 0 Å². The van der Waals surface area contributed by atoms with Gasteiger partial charge >= 0.3 is 0 Å². The Bertz CT molecular complexity index is 208. The van der Waals surface area contributed by atoms with Crippen LogP contribution in [-0.4, -0.2) is 26.7 Å². The Morgan fingerprint density at radius 3 is 2.55 bits per heavy atom. The van der Waals surface area contributed by atoms with Gasteiger partial charge in [0.25, 0.3) is 10.1 Å². The van der Waals surface area contributed by atoms with Gasteiger partial charge in [-0.1, -0.05) is 0 Å². The van der Waals surface area contributed by atoms with E-state index in [0.717, 1.165) is 12.8 Å². The number of alkyl halides is 1. The molecule has 0 unspecified atom stereocenters. The van der Waals surface area contributed by atoms with Gasteiger partial charge in [0.1, 0.15) is 0 Å². The van der Waals surface area contributed by atoms with Crippen molar-refractivity contribution in [1.82, 2.24) is 0 Å². The molecule has 0 bridgehead atoms. The van der Waals surface area contributed by atoms with E-state index < -0.39 is 10.1 Å². The van der Waals surface area contributed by atoms with Crippen molar-refractivity contribution in [3.05, 3.63) is 0 Å². The van der Waals surface area contributed by atoms with Crippen molar-refractivity contribution >= 4 is 21.7 Å². The third-order valence-electron chi connectivity index (χ3n) is 1.48. The number of hydrogen-bond donors (Lipinski definition) is 0. The van der Waals surface area contributed by atoms with Crippen molar-refractivity contribution in [3.63, 3.8) is 0 Å². The second-order valence-corrected chi connectivity index (χ2v) is 4.74. The quantitative estimate of drug-likeness (QED) is 0.489. The highest BCUT2D eigenvalue weighted by molar-refractivity contribution is 7.86. The van der Waals surface area contributed by atoms with Crippen LogP contribution in [0.3, 0.4) is 0 Å². The zero-order valence-electron chi connectivity index (χ0n) is 6.12. The van der Waals surface area contributed by atoms with Gasteiger partial charge in [0.2, 0.25) is 0 Å². The van der Waals surface area contributed by atoms with E-state index in [-0.39, 0.29) is 18.2 Å². The van der Waals surface area contributed by atoms with E-state index in [1.807, 2.05) is 0 Å². The van der Waals surface area contributed by atoms with E-state index in [4.69, 9.17) is 11.6 Å². The molecule has 3 nitrogen and oxygen atoms in total. The molecule has 0 aromatic rings. The summed E-state index contributed by atoms with van der Waals surface area (Å²) in [6.45, 7) is 0.0939. The predicted molar refractivity (Wildman–Crippen MR) is 43.2 cm³/mol. The fourth-order valence-corrected chi connectivity index (χ4v) is 2.29. The van der Waals surface area contributed by atoms with Gasteiger partial charge in [-0.2, -0.15) is 8.42 Å². The van der Waals surface area contributed by atoms with Gasteiger partial charge in [-0.05, 0) is 18.8 Å². The average molecular weight is 199 g/mol. The second-order valence-electron chi connectivity index (χ2n) is 2.68. The third kappa shape index (κ3) is 3.94. The minimum Gasteiger partial charge on any atom is -0.269 e. The van der Waals surface area contributed by atoms with Crippen LogP contribution in [0, 0.1) is 5.92 Å². The Kier molecular flexibility index (Phi) is 3.16. The van der Waals surface area contributed by atoms with Crippen molar-refractivity contribution in [2.75, 3.05) is 18.2 Å². The number of halogens is 1. The van der Waals surface area contributed by atoms with Crippen LogP contribution >= 0.6 is 11.6 Å². The molecule has 11 heavy (non-hydrogen) atoms. The van der Waals surface area contributed by atoms with Crippen molar-refractivity contribution < 1.29 is 12.6 Å². The van der Waals surface area contributed by atoms with E-state index >= 15 is 0 Å². The Balaban J connectivity index is 2.26. The summed E-state index contributed by atoms with van der Waals surface area (Å²) in [4.78, 5) is 0. The summed E-state index contributed by atoms with van der Waals surface area (Å²) >= 11 is 5.27. The lowest BCUT2D eigenvalue weighted by atomic mass is 10.5. The fraction of sp³-hybridized carbons (Fsp3) is 1.00. The molecule has 0 saturated heterocycles. The molecule has 5 heteroatoms. The number of rotatable bonds is 5. The van der Waals surface area contributed by atoms with Crippen LogP contribution in [0.15, 0.2) is 0 Å². The molecule has 1 saturated carbocycles. The maximum atomic E-state index is 11.0. The van der Waals surface area contributed by atoms with Gasteiger partial charge in [0, 0.05) is 5.88 Å². The molecule has 0 heterocycles. The number of hydrogen-bond acceptors (Lipinski definition) is 3. The van der Waals surface area contributed by atoms with Crippen LogP contribution < -0.4 is 0 Å². The molecule has 1 rings (SSSR count). The van der Waals surface area contributed by atoms with Crippen LogP contribution in [-0.2, 0) is 14.3 Å². The minimum absolute atomic E-state index is 0.0939. The maximum Gasteiger partial charge on any atom is 0.267 e. The fourth-order valence-electron chi connectivity index (χ4n) is 0.780. The Morgan fingerprint density at radius 1 is 1.45 bits per heavy atom. The first-order chi connectivity index (χ1) is 5.14. The third-order valence-corrected chi connectivity index (χ3v) is 3.04. The Morgan fingerprint density at radius 2 is 2.09 bits per heavy atom. The van der Waals surface area contributed by atoms with Gasteiger partial charge in [-0.15, -0.1) is 11.6 Å². The SMILES string of the molecule is O=S(=O)(CC1CC1)OCCCl. The van der Waals surface area contributed by atoms with Crippen LogP contribution in [0.2, 0.25) is 0 Å². The molecular formula is C6H11ClO3S. The summed E-state index contributed by atoms with van der Waals surface area (Å²) in [6.07, 6.45) is 2.03. The summed E-state index contributed by atoms with van der Waals surface area (Å²) in [5.74, 6) is 0.740. The Hall–Kier alpha value is 0.200. The highest BCUT2D eigenvalue weighted by atomic mass is 35.5. The van der Waals surface area contributed by atoms with Gasteiger partial charge in [-0.3, -0.25) is 4.18 Å². The van der Waals surface area contributed by atoms with Crippen LogP contribution in [0.5, 0.6) is 0 Å². The van der Waals surface area contributed by atoms with Crippen molar-refractivity contribution in [1.29, 1.82) is 0 Å². The average Bonchev–Trinajstić information content (AvgIpc) is 2.67. The molecule has 0 aliphatic heterocycles. The molecule has 1 fully saturated rings. The van der Waals surface area contributed by atoms with Gasteiger partial charge in [-0.25, -0.2) is 0 Å². The summed E-state index contributed by atoms with van der Waals surface area (Å²) in [5.41, 5.74) is 0. The zero-order valence-corrected chi connectivity index (χ0v) is 7.70. The lowest BCUT2D eigenvalue weighted by Crippen LogP contribution is -2.13. The highest BCUT2D eigenvalue weighted by Crippen LogP contribution is 2.30. The molecule has 0 amide bonds. The smallest absolute Gasteiger partial charge is 0.267 e. The van der Waals surface area contributed by atoms with E-state index in [2.05, 4.69) is 4.18 Å². The molecule has 0 aromatic heterocycles. The molecule has 0 aromatic carbocycles. The summed E-state index contributed by atoms with van der Waals surface area (Å²) in [5, 5.41) is 0. The van der Waals surface area contributed by atoms with Gasteiger partial charge < -0.3 is 0 Å². The summed E-state index contributed by atoms with van der Waals surface area (Å²) in [6, 6.07) is 0. The van der Waals surface area contributed by atoms with Gasteiger partial charge in [0.15, 0.2) is 0 Å². The first kappa shape index (κ1) is 9.29. The molecule has 0 radical (unpaired) electrons. The first-order valence-electron chi connectivity index (χ1n) is 3.57. The second kappa shape index (κ2) is 3.74. The van der Waals surface area contributed by atoms with E-state index in [0.29, 0.717) is 5.92 Å². The van der Waals surface area contributed by atoms with Crippen LogP contribution in [0.25, 0.3) is 0 Å². The largest absolute Gasteiger partial charge is 0.269 e. The van der Waals surface area contributed by atoms with Crippen LogP contribution in [0.4, 0.5) is 0 Å².